The molecule has 0 aliphatic rings. The van der Waals surface area contributed by atoms with E-state index in [1.807, 2.05) is 32.0 Å². The summed E-state index contributed by atoms with van der Waals surface area (Å²) in [5.74, 6) is 0.161. The second-order valence-corrected chi connectivity index (χ2v) is 4.95. The van der Waals surface area contributed by atoms with Gasteiger partial charge in [-0.05, 0) is 43.2 Å². The van der Waals surface area contributed by atoms with Crippen LogP contribution in [0.2, 0.25) is 0 Å². The zero-order valence-electron chi connectivity index (χ0n) is 12.8. The highest BCUT2D eigenvalue weighted by molar-refractivity contribution is 5.93. The van der Waals surface area contributed by atoms with Gasteiger partial charge in [-0.25, -0.2) is 4.39 Å². The van der Waals surface area contributed by atoms with Gasteiger partial charge in [0.05, 0.1) is 12.8 Å². The predicted molar refractivity (Wildman–Crippen MR) is 83.0 cm³/mol. The lowest BCUT2D eigenvalue weighted by Crippen LogP contribution is -2.20. The molecule has 22 heavy (non-hydrogen) atoms. The van der Waals surface area contributed by atoms with Crippen LogP contribution in [0.25, 0.3) is 0 Å². The average Bonchev–Trinajstić information content (AvgIpc) is 2.50. The van der Waals surface area contributed by atoms with E-state index in [0.717, 1.165) is 11.1 Å². The number of ether oxygens (including phenoxy) is 2. The number of amides is 1. The average molecular weight is 303 g/mol. The Hall–Kier alpha value is -2.56. The van der Waals surface area contributed by atoms with Crippen LogP contribution in [0.15, 0.2) is 36.4 Å². The third-order valence-electron chi connectivity index (χ3n) is 3.14. The quantitative estimate of drug-likeness (QED) is 0.920. The topological polar surface area (TPSA) is 47.6 Å². The minimum atomic E-state index is -0.429. The molecular formula is C17H18FNO3. The summed E-state index contributed by atoms with van der Waals surface area (Å²) in [5.41, 5.74) is 2.41. The molecule has 0 saturated carbocycles. The molecule has 0 aliphatic carbocycles. The number of carbonyl (C=O) groups excluding carboxylic acids is 1. The summed E-state index contributed by atoms with van der Waals surface area (Å²) in [6.45, 7) is 3.73. The van der Waals surface area contributed by atoms with E-state index in [1.165, 1.54) is 25.3 Å². The lowest BCUT2D eigenvalue weighted by atomic mass is 10.1. The Kier molecular flexibility index (Phi) is 4.99. The Labute approximate surface area is 128 Å². The van der Waals surface area contributed by atoms with Gasteiger partial charge < -0.3 is 14.8 Å². The molecule has 4 nitrogen and oxygen atoms in total. The lowest BCUT2D eigenvalue weighted by molar-refractivity contribution is -0.118. The summed E-state index contributed by atoms with van der Waals surface area (Å²) in [6.07, 6.45) is 0. The van der Waals surface area contributed by atoms with E-state index in [2.05, 4.69) is 5.32 Å². The molecule has 0 unspecified atom stereocenters. The van der Waals surface area contributed by atoms with Gasteiger partial charge in [0.15, 0.2) is 6.61 Å². The van der Waals surface area contributed by atoms with E-state index in [1.54, 1.807) is 0 Å². The number of methoxy groups -OCH3 is 1. The molecule has 0 fully saturated rings. The number of carbonyl (C=O) groups is 1. The molecular weight excluding hydrogens is 285 g/mol. The van der Waals surface area contributed by atoms with Gasteiger partial charge in [0.25, 0.3) is 5.91 Å². The normalized spacial score (nSPS) is 10.2. The zero-order valence-corrected chi connectivity index (χ0v) is 12.8. The van der Waals surface area contributed by atoms with Gasteiger partial charge in [-0.2, -0.15) is 0 Å². The van der Waals surface area contributed by atoms with Crippen molar-refractivity contribution in [2.24, 2.45) is 0 Å². The first-order chi connectivity index (χ1) is 10.5. The molecule has 1 N–H and O–H groups in total. The molecule has 0 radical (unpaired) electrons. The van der Waals surface area contributed by atoms with Crippen molar-refractivity contribution in [1.29, 1.82) is 0 Å². The maximum atomic E-state index is 13.1. The van der Waals surface area contributed by atoms with E-state index in [0.29, 0.717) is 11.4 Å². The fourth-order valence-corrected chi connectivity index (χ4v) is 1.96. The van der Waals surface area contributed by atoms with Gasteiger partial charge in [0, 0.05) is 6.07 Å². The highest BCUT2D eigenvalue weighted by Gasteiger charge is 2.10. The molecule has 1 amide bonds. The van der Waals surface area contributed by atoms with Gasteiger partial charge in [-0.3, -0.25) is 4.79 Å². The van der Waals surface area contributed by atoms with Gasteiger partial charge in [-0.1, -0.05) is 12.1 Å². The standard InChI is InChI=1S/C17H18FNO3/c1-11-4-5-12(2)15(8-11)22-10-17(20)19-14-7-6-13(18)9-16(14)21-3/h4-9H,10H2,1-3H3,(H,19,20). The van der Waals surface area contributed by atoms with Crippen LogP contribution in [0.5, 0.6) is 11.5 Å². The Morgan fingerprint density at radius 1 is 1.14 bits per heavy atom. The SMILES string of the molecule is COc1cc(F)ccc1NC(=O)COc1cc(C)ccc1C. The second-order valence-electron chi connectivity index (χ2n) is 4.95. The maximum Gasteiger partial charge on any atom is 0.262 e. The molecule has 0 aromatic heterocycles. The van der Waals surface area contributed by atoms with E-state index >= 15 is 0 Å². The molecule has 116 valence electrons. The molecule has 0 atom stereocenters. The zero-order chi connectivity index (χ0) is 16.1. The Balaban J connectivity index is 2.00. The smallest absolute Gasteiger partial charge is 0.262 e. The summed E-state index contributed by atoms with van der Waals surface area (Å²) >= 11 is 0. The molecule has 2 aromatic rings. The lowest BCUT2D eigenvalue weighted by Gasteiger charge is -2.12. The van der Waals surface area contributed by atoms with Crippen LogP contribution in [0.4, 0.5) is 10.1 Å². The first kappa shape index (κ1) is 15.8. The van der Waals surface area contributed by atoms with E-state index in [-0.39, 0.29) is 18.3 Å². The number of halogens is 1. The van der Waals surface area contributed by atoms with Crippen LogP contribution in [0.1, 0.15) is 11.1 Å². The minimum absolute atomic E-state index is 0.134. The third-order valence-corrected chi connectivity index (χ3v) is 3.14. The maximum absolute atomic E-state index is 13.1. The monoisotopic (exact) mass is 303 g/mol. The molecule has 5 heteroatoms. The summed E-state index contributed by atoms with van der Waals surface area (Å²) in [7, 11) is 1.41. The Morgan fingerprint density at radius 3 is 2.64 bits per heavy atom. The van der Waals surface area contributed by atoms with Crippen molar-refractivity contribution in [3.63, 3.8) is 0 Å². The molecule has 0 spiro atoms. The predicted octanol–water partition coefficient (Wildman–Crippen LogP) is 3.47. The molecule has 0 heterocycles. The number of hydrogen-bond acceptors (Lipinski definition) is 3. The minimum Gasteiger partial charge on any atom is -0.494 e. The van der Waals surface area contributed by atoms with Crippen LogP contribution in [0.3, 0.4) is 0 Å². The van der Waals surface area contributed by atoms with Crippen molar-refractivity contribution in [3.8, 4) is 11.5 Å². The van der Waals surface area contributed by atoms with E-state index < -0.39 is 5.82 Å². The van der Waals surface area contributed by atoms with Gasteiger partial charge in [0.2, 0.25) is 0 Å². The van der Waals surface area contributed by atoms with Crippen molar-refractivity contribution >= 4 is 11.6 Å². The van der Waals surface area contributed by atoms with Crippen LogP contribution >= 0.6 is 0 Å². The van der Waals surface area contributed by atoms with Gasteiger partial charge >= 0.3 is 0 Å². The van der Waals surface area contributed by atoms with Crippen molar-refractivity contribution in [3.05, 3.63) is 53.3 Å². The van der Waals surface area contributed by atoms with Crippen molar-refractivity contribution < 1.29 is 18.7 Å². The number of aryl methyl sites for hydroxylation is 2. The molecule has 2 rings (SSSR count). The number of nitrogens with one attached hydrogen (secondary N) is 1. The van der Waals surface area contributed by atoms with Gasteiger partial charge in [-0.15, -0.1) is 0 Å². The van der Waals surface area contributed by atoms with Gasteiger partial charge in [0.1, 0.15) is 17.3 Å². The molecule has 0 bridgehead atoms. The Bertz CT molecular complexity index is 686. The fraction of sp³-hybridized carbons (Fsp3) is 0.235. The number of rotatable bonds is 5. The largest absolute Gasteiger partial charge is 0.494 e. The number of hydrogen-bond donors (Lipinski definition) is 1. The molecule has 0 aliphatic heterocycles. The van der Waals surface area contributed by atoms with Crippen LogP contribution in [0, 0.1) is 19.7 Å². The summed E-state index contributed by atoms with van der Waals surface area (Å²) in [4.78, 5) is 11.9. The number of benzene rings is 2. The van der Waals surface area contributed by atoms with Crippen LogP contribution < -0.4 is 14.8 Å². The van der Waals surface area contributed by atoms with Crippen molar-refractivity contribution in [2.75, 3.05) is 19.0 Å². The van der Waals surface area contributed by atoms with Crippen molar-refractivity contribution in [2.45, 2.75) is 13.8 Å². The van der Waals surface area contributed by atoms with Crippen molar-refractivity contribution in [1.82, 2.24) is 0 Å². The first-order valence-electron chi connectivity index (χ1n) is 6.83. The van der Waals surface area contributed by atoms with E-state index in [4.69, 9.17) is 9.47 Å². The highest BCUT2D eigenvalue weighted by atomic mass is 19.1. The summed E-state index contributed by atoms with van der Waals surface area (Å²) < 4.78 is 23.7. The van der Waals surface area contributed by atoms with Crippen LogP contribution in [-0.2, 0) is 4.79 Å². The molecule has 0 saturated heterocycles. The second kappa shape index (κ2) is 6.93. The molecule has 2 aromatic carbocycles. The Morgan fingerprint density at radius 2 is 1.91 bits per heavy atom. The van der Waals surface area contributed by atoms with Crippen LogP contribution in [-0.4, -0.2) is 19.6 Å². The summed E-state index contributed by atoms with van der Waals surface area (Å²) in [5, 5.41) is 2.64. The third kappa shape index (κ3) is 3.97. The summed E-state index contributed by atoms with van der Waals surface area (Å²) in [6, 6.07) is 9.70. The first-order valence-corrected chi connectivity index (χ1v) is 6.83. The number of anilines is 1. The highest BCUT2D eigenvalue weighted by Crippen LogP contribution is 2.25. The van der Waals surface area contributed by atoms with E-state index in [9.17, 15) is 9.18 Å². The fourth-order valence-electron chi connectivity index (χ4n) is 1.96.